The maximum absolute atomic E-state index is 12.5. The van der Waals surface area contributed by atoms with Gasteiger partial charge in [-0.3, -0.25) is 4.79 Å². The van der Waals surface area contributed by atoms with Crippen LogP contribution < -0.4 is 14.4 Å². The van der Waals surface area contributed by atoms with Crippen LogP contribution in [0, 0.1) is 5.92 Å². The number of carbonyl (C=O) groups excluding carboxylic acids is 1. The van der Waals surface area contributed by atoms with Gasteiger partial charge in [0.05, 0.1) is 12.1 Å². The Morgan fingerprint density at radius 1 is 1.24 bits per heavy atom. The van der Waals surface area contributed by atoms with Crippen LogP contribution in [0.15, 0.2) is 30.6 Å². The van der Waals surface area contributed by atoms with Gasteiger partial charge in [0, 0.05) is 25.3 Å². The second kappa shape index (κ2) is 10.5. The van der Waals surface area contributed by atoms with Gasteiger partial charge >= 0.3 is 0 Å². The molecule has 1 saturated heterocycles. The van der Waals surface area contributed by atoms with Crippen LogP contribution in [-0.4, -0.2) is 52.3 Å². The number of Topliss-reactive ketones (excluding diaryl/α,β-unsaturated/α-hetero) is 1. The van der Waals surface area contributed by atoms with Crippen LogP contribution in [-0.2, 0) is 4.79 Å². The van der Waals surface area contributed by atoms with Crippen LogP contribution in [0.3, 0.4) is 0 Å². The van der Waals surface area contributed by atoms with Crippen molar-refractivity contribution in [2.24, 2.45) is 5.92 Å². The number of hydrogen-bond donors (Lipinski definition) is 1. The maximum atomic E-state index is 12.5. The van der Waals surface area contributed by atoms with Crippen LogP contribution in [0.5, 0.6) is 11.6 Å². The van der Waals surface area contributed by atoms with E-state index in [9.17, 15) is 9.90 Å². The van der Waals surface area contributed by atoms with E-state index in [0.717, 1.165) is 24.3 Å². The molecule has 1 saturated carbocycles. The average Bonchev–Trinajstić information content (AvgIpc) is 3.23. The molecule has 0 bridgehead atoms. The van der Waals surface area contributed by atoms with E-state index in [1.807, 2.05) is 31.2 Å². The van der Waals surface area contributed by atoms with Gasteiger partial charge in [0.25, 0.3) is 0 Å². The number of anilines is 1. The Morgan fingerprint density at radius 3 is 2.62 bits per heavy atom. The minimum Gasteiger partial charge on any atom is -0.489 e. The van der Waals surface area contributed by atoms with Crippen molar-refractivity contribution in [3.8, 4) is 11.6 Å². The first kappa shape index (κ1) is 24.7. The molecule has 2 aromatic rings. The smallest absolute Gasteiger partial charge is 0.238 e. The molecule has 34 heavy (non-hydrogen) atoms. The highest BCUT2D eigenvalue weighted by molar-refractivity contribution is 6.34. The van der Waals surface area contributed by atoms with E-state index in [-0.39, 0.29) is 24.5 Å². The lowest BCUT2D eigenvalue weighted by Gasteiger charge is -2.25. The first-order valence-corrected chi connectivity index (χ1v) is 12.5. The van der Waals surface area contributed by atoms with Crippen molar-refractivity contribution >= 4 is 23.2 Å². The topological polar surface area (TPSA) is 84.8 Å². The molecular formula is C26H34ClN3O4. The number of carbonyl (C=O) groups is 1. The van der Waals surface area contributed by atoms with E-state index in [4.69, 9.17) is 21.1 Å². The third-order valence-electron chi connectivity index (χ3n) is 6.63. The monoisotopic (exact) mass is 487 g/mol. The summed E-state index contributed by atoms with van der Waals surface area (Å²) in [5, 5.41) is 10.2. The highest BCUT2D eigenvalue weighted by Gasteiger charge is 2.29. The molecule has 1 aromatic heterocycles. The van der Waals surface area contributed by atoms with Gasteiger partial charge in [-0.15, -0.1) is 0 Å². The van der Waals surface area contributed by atoms with Crippen LogP contribution in [0.4, 0.5) is 5.82 Å². The van der Waals surface area contributed by atoms with E-state index < -0.39 is 5.60 Å². The van der Waals surface area contributed by atoms with Crippen molar-refractivity contribution in [3.05, 3.63) is 41.2 Å². The molecule has 2 aliphatic rings. The molecule has 184 valence electrons. The van der Waals surface area contributed by atoms with Gasteiger partial charge in [-0.1, -0.05) is 49.9 Å². The molecule has 1 aliphatic heterocycles. The molecule has 2 fully saturated rings. The molecule has 8 heteroatoms. The molecule has 1 aromatic carbocycles. The zero-order valence-electron chi connectivity index (χ0n) is 20.2. The van der Waals surface area contributed by atoms with Crippen molar-refractivity contribution in [2.75, 3.05) is 24.6 Å². The van der Waals surface area contributed by atoms with Crippen LogP contribution in [0.1, 0.15) is 64.4 Å². The Hall–Kier alpha value is -2.38. The first-order valence-electron chi connectivity index (χ1n) is 12.1. The van der Waals surface area contributed by atoms with Crippen LogP contribution >= 0.6 is 11.6 Å². The van der Waals surface area contributed by atoms with Crippen molar-refractivity contribution in [1.82, 2.24) is 9.97 Å². The second-order valence-corrected chi connectivity index (χ2v) is 10.5. The number of hydrogen-bond acceptors (Lipinski definition) is 7. The Kier molecular flexibility index (Phi) is 7.63. The fraction of sp³-hybridized carbons (Fsp3) is 0.577. The van der Waals surface area contributed by atoms with E-state index in [1.165, 1.54) is 25.6 Å². The summed E-state index contributed by atoms with van der Waals surface area (Å²) in [4.78, 5) is 23.0. The van der Waals surface area contributed by atoms with Gasteiger partial charge in [-0.2, -0.15) is 0 Å². The Labute approximate surface area is 206 Å². The van der Waals surface area contributed by atoms with E-state index >= 15 is 0 Å². The van der Waals surface area contributed by atoms with E-state index in [2.05, 4.69) is 14.9 Å². The van der Waals surface area contributed by atoms with Gasteiger partial charge < -0.3 is 19.5 Å². The molecule has 2 atom stereocenters. The highest BCUT2D eigenvalue weighted by Crippen LogP contribution is 2.34. The van der Waals surface area contributed by atoms with Crippen LogP contribution in [0.2, 0.25) is 5.02 Å². The molecule has 2 unspecified atom stereocenters. The van der Waals surface area contributed by atoms with Gasteiger partial charge in [0.1, 0.15) is 35.6 Å². The van der Waals surface area contributed by atoms with Gasteiger partial charge in [-0.05, 0) is 37.5 Å². The summed E-state index contributed by atoms with van der Waals surface area (Å²) < 4.78 is 11.8. The summed E-state index contributed by atoms with van der Waals surface area (Å²) in [6.45, 7) is 6.78. The summed E-state index contributed by atoms with van der Waals surface area (Å²) in [6, 6.07) is 7.90. The predicted molar refractivity (Wildman–Crippen MR) is 132 cm³/mol. The minimum atomic E-state index is -0.988. The third-order valence-corrected chi connectivity index (χ3v) is 6.96. The molecule has 1 N–H and O–H groups in total. The standard InChI is InChI=1S/C26H34ClN3O4/c1-17(22(31)13-18-5-4-6-18)19-7-9-20(10-8-19)34-21-11-12-30(14-21)24-23(27)25(29-16-28-24)33-15-26(2,3)32/h7-10,16-18,21,32H,4-6,11-15H2,1-3H3. The highest BCUT2D eigenvalue weighted by atomic mass is 35.5. The zero-order chi connectivity index (χ0) is 24.3. The number of nitrogens with zero attached hydrogens (tertiary/aromatic N) is 3. The molecule has 0 radical (unpaired) electrons. The number of aliphatic hydroxyl groups is 1. The lowest BCUT2D eigenvalue weighted by molar-refractivity contribution is -0.121. The largest absolute Gasteiger partial charge is 0.489 e. The Bertz CT molecular complexity index is 989. The summed E-state index contributed by atoms with van der Waals surface area (Å²) in [5.74, 6) is 2.49. The van der Waals surface area contributed by atoms with E-state index in [1.54, 1.807) is 13.8 Å². The molecule has 0 amide bonds. The molecular weight excluding hydrogens is 454 g/mol. The number of aromatic nitrogens is 2. The lowest BCUT2D eigenvalue weighted by atomic mass is 9.79. The van der Waals surface area contributed by atoms with Crippen molar-refractivity contribution in [2.45, 2.75) is 70.5 Å². The van der Waals surface area contributed by atoms with Crippen molar-refractivity contribution in [3.63, 3.8) is 0 Å². The molecule has 1 aliphatic carbocycles. The number of halogens is 1. The average molecular weight is 488 g/mol. The number of rotatable bonds is 10. The quantitative estimate of drug-likeness (QED) is 0.515. The molecule has 7 nitrogen and oxygen atoms in total. The van der Waals surface area contributed by atoms with Gasteiger partial charge in [0.15, 0.2) is 5.82 Å². The Balaban J connectivity index is 1.32. The normalized spacial score (nSPS) is 19.6. The van der Waals surface area contributed by atoms with Gasteiger partial charge in [-0.25, -0.2) is 9.97 Å². The molecule has 2 heterocycles. The predicted octanol–water partition coefficient (Wildman–Crippen LogP) is 4.80. The van der Waals surface area contributed by atoms with Gasteiger partial charge in [0.2, 0.25) is 5.88 Å². The zero-order valence-corrected chi connectivity index (χ0v) is 20.9. The minimum absolute atomic E-state index is 0.00435. The Morgan fingerprint density at radius 2 is 1.97 bits per heavy atom. The van der Waals surface area contributed by atoms with Crippen molar-refractivity contribution in [1.29, 1.82) is 0 Å². The second-order valence-electron chi connectivity index (χ2n) is 10.2. The molecule has 0 spiro atoms. The van der Waals surface area contributed by atoms with Crippen LogP contribution in [0.25, 0.3) is 0 Å². The summed E-state index contributed by atoms with van der Waals surface area (Å²) in [6.07, 6.45) is 6.60. The van der Waals surface area contributed by atoms with E-state index in [0.29, 0.717) is 35.5 Å². The summed E-state index contributed by atoms with van der Waals surface area (Å²) >= 11 is 6.50. The number of benzene rings is 1. The molecule has 4 rings (SSSR count). The maximum Gasteiger partial charge on any atom is 0.238 e. The first-order chi connectivity index (χ1) is 16.2. The number of ether oxygens (including phenoxy) is 2. The lowest BCUT2D eigenvalue weighted by Crippen LogP contribution is -2.29. The SMILES string of the molecule is CC(C(=O)CC1CCC1)c1ccc(OC2CCN(c3ncnc(OCC(C)(C)O)c3Cl)C2)cc1. The summed E-state index contributed by atoms with van der Waals surface area (Å²) in [7, 11) is 0. The number of ketones is 1. The fourth-order valence-electron chi connectivity index (χ4n) is 4.30. The van der Waals surface area contributed by atoms with Crippen molar-refractivity contribution < 1.29 is 19.4 Å². The summed E-state index contributed by atoms with van der Waals surface area (Å²) in [5.41, 5.74) is 0.0502. The third kappa shape index (κ3) is 6.19. The fourth-order valence-corrected chi connectivity index (χ4v) is 4.57.